The van der Waals surface area contributed by atoms with E-state index in [9.17, 15) is 28.0 Å². The largest absolute Gasteiger partial charge is 0.459 e. The number of ketones is 1. The molecule has 0 heterocycles. The smallest absolute Gasteiger partial charge is 0.377 e. The third-order valence-corrected chi connectivity index (χ3v) is 9.75. The third kappa shape index (κ3) is 3.88. The molecule has 0 N–H and O–H groups in total. The van der Waals surface area contributed by atoms with Gasteiger partial charge in [0.25, 0.3) is 0 Å². The van der Waals surface area contributed by atoms with Crippen molar-refractivity contribution in [2.75, 3.05) is 6.61 Å². The minimum Gasteiger partial charge on any atom is -0.459 e. The van der Waals surface area contributed by atoms with Crippen molar-refractivity contribution in [3.8, 4) is 0 Å². The van der Waals surface area contributed by atoms with Gasteiger partial charge in [0, 0.05) is 19.3 Å². The quantitative estimate of drug-likeness (QED) is 0.411. The van der Waals surface area contributed by atoms with Crippen LogP contribution in [-0.4, -0.2) is 47.9 Å². The molecule has 8 aliphatic rings. The number of carbonyl (C=O) groups excluding carboxylic acids is 4. The average Bonchev–Trinajstić information content (AvgIpc) is 2.75. The highest BCUT2D eigenvalue weighted by atomic mass is 19.3. The molecule has 0 aromatic heterocycles. The Morgan fingerprint density at radius 1 is 0.971 bits per heavy atom. The minimum atomic E-state index is -3.60. The van der Waals surface area contributed by atoms with Crippen LogP contribution in [0.1, 0.15) is 71.1 Å². The lowest BCUT2D eigenvalue weighted by atomic mass is 9.48. The molecule has 0 aromatic carbocycles. The van der Waals surface area contributed by atoms with Crippen LogP contribution < -0.4 is 0 Å². The van der Waals surface area contributed by atoms with Gasteiger partial charge in [-0.15, -0.1) is 0 Å². The van der Waals surface area contributed by atoms with E-state index in [2.05, 4.69) is 0 Å². The molecule has 8 rings (SSSR count). The van der Waals surface area contributed by atoms with Crippen LogP contribution in [0.3, 0.4) is 0 Å². The number of halogens is 2. The van der Waals surface area contributed by atoms with Crippen molar-refractivity contribution in [3.05, 3.63) is 0 Å². The fraction of sp³-hybridized carbons (Fsp3) is 0.846. The first-order valence-corrected chi connectivity index (χ1v) is 13.0. The Bertz CT molecular complexity index is 957. The van der Waals surface area contributed by atoms with Crippen molar-refractivity contribution >= 4 is 23.7 Å². The Labute approximate surface area is 202 Å². The zero-order valence-electron chi connectivity index (χ0n) is 19.9. The van der Waals surface area contributed by atoms with E-state index >= 15 is 0 Å². The first-order chi connectivity index (χ1) is 16.5. The van der Waals surface area contributed by atoms with Crippen LogP contribution in [0.15, 0.2) is 0 Å². The Balaban J connectivity index is 1.09. The number of rotatable bonds is 6. The van der Waals surface area contributed by atoms with Crippen LogP contribution in [0, 0.1) is 40.9 Å². The van der Waals surface area contributed by atoms with Gasteiger partial charge in [0.15, 0.2) is 6.61 Å². The zero-order chi connectivity index (χ0) is 24.8. The summed E-state index contributed by atoms with van der Waals surface area (Å²) in [5, 5.41) is 0. The van der Waals surface area contributed by atoms with Crippen LogP contribution in [0.2, 0.25) is 0 Å². The fourth-order valence-electron chi connectivity index (χ4n) is 9.04. The average molecular weight is 495 g/mol. The number of ether oxygens (including phenoxy) is 3. The number of Topliss-reactive ketones (excluding diaryl/α,β-unsaturated/α-hetero) is 1. The summed E-state index contributed by atoms with van der Waals surface area (Å²) in [7, 11) is 0. The maximum Gasteiger partial charge on any atom is 0.377 e. The highest BCUT2D eigenvalue weighted by Crippen LogP contribution is 2.63. The van der Waals surface area contributed by atoms with E-state index in [0.717, 1.165) is 32.1 Å². The molecule has 0 aliphatic heterocycles. The minimum absolute atomic E-state index is 0.0908. The summed E-state index contributed by atoms with van der Waals surface area (Å²) in [6, 6.07) is 0. The second kappa shape index (κ2) is 7.72. The van der Waals surface area contributed by atoms with E-state index < -0.39 is 47.6 Å². The van der Waals surface area contributed by atoms with Gasteiger partial charge in [0.05, 0.1) is 11.3 Å². The lowest BCUT2D eigenvalue weighted by Crippen LogP contribution is -2.60. The van der Waals surface area contributed by atoms with Crippen LogP contribution in [-0.2, 0) is 33.4 Å². The summed E-state index contributed by atoms with van der Waals surface area (Å²) in [4.78, 5) is 50.5. The Hall–Kier alpha value is -2.06. The molecule has 0 radical (unpaired) electrons. The van der Waals surface area contributed by atoms with Crippen molar-refractivity contribution in [1.82, 2.24) is 0 Å². The van der Waals surface area contributed by atoms with Gasteiger partial charge in [-0.2, -0.15) is 8.78 Å². The molecular weight excluding hydrogens is 462 g/mol. The number of carbonyl (C=O) groups is 4. The van der Waals surface area contributed by atoms with E-state index in [1.165, 1.54) is 0 Å². The van der Waals surface area contributed by atoms with E-state index in [0.29, 0.717) is 38.5 Å². The number of alkyl halides is 2. The molecule has 0 spiro atoms. The molecule has 8 aliphatic carbocycles. The second-order valence-electron chi connectivity index (χ2n) is 12.5. The van der Waals surface area contributed by atoms with Gasteiger partial charge in [-0.1, -0.05) is 0 Å². The molecule has 0 saturated heterocycles. The van der Waals surface area contributed by atoms with Crippen molar-refractivity contribution < 1.29 is 42.2 Å². The predicted octanol–water partition coefficient (Wildman–Crippen LogP) is 3.61. The van der Waals surface area contributed by atoms with Crippen molar-refractivity contribution in [3.63, 3.8) is 0 Å². The van der Waals surface area contributed by atoms with Crippen LogP contribution in [0.5, 0.6) is 0 Å². The topological polar surface area (TPSA) is 96.0 Å². The standard InChI is InChI=1S/C26H32F2O7/c1-24(27,28)22(31)35-26-9-14-2-15(10-26)8-25(7-14,12-26)23(32)33-11-19(29)34-21-17-4-13-3-16(6-17)20(30)18(21)5-13/h13-18,21H,2-12H2,1H3. The van der Waals surface area contributed by atoms with Gasteiger partial charge in [-0.05, 0) is 81.5 Å². The number of esters is 3. The molecule has 8 bridgehead atoms. The van der Waals surface area contributed by atoms with Gasteiger partial charge in [0.1, 0.15) is 17.5 Å². The molecule has 9 heteroatoms. The summed E-state index contributed by atoms with van der Waals surface area (Å²) in [5.74, 6) is -5.36. The number of hydrogen-bond acceptors (Lipinski definition) is 7. The van der Waals surface area contributed by atoms with Crippen molar-refractivity contribution in [1.29, 1.82) is 0 Å². The van der Waals surface area contributed by atoms with Crippen molar-refractivity contribution in [2.45, 2.75) is 88.8 Å². The zero-order valence-corrected chi connectivity index (χ0v) is 19.9. The normalized spacial score (nSPS) is 44.9. The number of hydrogen-bond donors (Lipinski definition) is 0. The first-order valence-electron chi connectivity index (χ1n) is 13.0. The van der Waals surface area contributed by atoms with Gasteiger partial charge in [0.2, 0.25) is 0 Å². The van der Waals surface area contributed by atoms with Gasteiger partial charge >= 0.3 is 23.8 Å². The Kier molecular flexibility index (Phi) is 5.15. The van der Waals surface area contributed by atoms with E-state index in [1.807, 2.05) is 0 Å². The maximum absolute atomic E-state index is 13.6. The summed E-state index contributed by atoms with van der Waals surface area (Å²) >= 11 is 0. The maximum atomic E-state index is 13.6. The summed E-state index contributed by atoms with van der Waals surface area (Å²) in [6.07, 6.45) is 6.10. The summed E-state index contributed by atoms with van der Waals surface area (Å²) in [6.45, 7) is -0.0185. The molecule has 8 fully saturated rings. The van der Waals surface area contributed by atoms with Crippen LogP contribution >= 0.6 is 0 Å². The van der Waals surface area contributed by atoms with Gasteiger partial charge < -0.3 is 14.2 Å². The molecule has 7 nitrogen and oxygen atoms in total. The lowest BCUT2D eigenvalue weighted by molar-refractivity contribution is -0.225. The summed E-state index contributed by atoms with van der Waals surface area (Å²) < 4.78 is 43.6. The first kappa shape index (κ1) is 23.3. The van der Waals surface area contributed by atoms with E-state index in [-0.39, 0.29) is 41.8 Å². The SMILES string of the molecule is CC(F)(F)C(=O)OC12CC3CC(C1)CC(C(=O)OCC(=O)OC1C4CC5CC(C4)C(=O)C1C5)(C3)C2. The molecule has 35 heavy (non-hydrogen) atoms. The molecule has 192 valence electrons. The van der Waals surface area contributed by atoms with E-state index in [1.54, 1.807) is 0 Å². The second-order valence-corrected chi connectivity index (χ2v) is 12.5. The molecule has 8 saturated carbocycles. The molecule has 0 amide bonds. The van der Waals surface area contributed by atoms with Crippen molar-refractivity contribution in [2.24, 2.45) is 40.9 Å². The predicted molar refractivity (Wildman–Crippen MR) is 115 cm³/mol. The van der Waals surface area contributed by atoms with Gasteiger partial charge in [-0.3, -0.25) is 9.59 Å². The highest BCUT2D eigenvalue weighted by Gasteiger charge is 2.64. The lowest BCUT2D eigenvalue weighted by Gasteiger charge is -2.59. The highest BCUT2D eigenvalue weighted by molar-refractivity contribution is 5.87. The molecule has 7 unspecified atom stereocenters. The third-order valence-electron chi connectivity index (χ3n) is 9.75. The monoisotopic (exact) mass is 494 g/mol. The molecule has 7 atom stereocenters. The molecule has 0 aromatic rings. The molecular formula is C26H32F2O7. The van der Waals surface area contributed by atoms with Crippen LogP contribution in [0.25, 0.3) is 0 Å². The van der Waals surface area contributed by atoms with E-state index in [4.69, 9.17) is 14.2 Å². The van der Waals surface area contributed by atoms with Gasteiger partial charge in [-0.25, -0.2) is 9.59 Å². The van der Waals surface area contributed by atoms with Crippen LogP contribution in [0.4, 0.5) is 8.78 Å². The Morgan fingerprint density at radius 3 is 2.37 bits per heavy atom. The fourth-order valence-corrected chi connectivity index (χ4v) is 9.04. The Morgan fingerprint density at radius 2 is 1.69 bits per heavy atom. The summed E-state index contributed by atoms with van der Waals surface area (Å²) in [5.41, 5.74) is -2.02.